The summed E-state index contributed by atoms with van der Waals surface area (Å²) in [7, 11) is 0. The number of carboxylic acids is 1. The number of carbonyl (C=O) groups is 1. The van der Waals surface area contributed by atoms with Gasteiger partial charge in [-0.1, -0.05) is 6.92 Å². The third-order valence-corrected chi connectivity index (χ3v) is 3.57. The molecule has 0 bridgehead atoms. The Hall–Kier alpha value is -0.610. The van der Waals surface area contributed by atoms with E-state index in [4.69, 9.17) is 9.84 Å². The summed E-state index contributed by atoms with van der Waals surface area (Å²) in [4.78, 5) is 10.9. The molecule has 0 spiro atoms. The minimum absolute atomic E-state index is 0.228. The van der Waals surface area contributed by atoms with Crippen molar-refractivity contribution in [3.05, 3.63) is 0 Å². The molecule has 1 fully saturated rings. The van der Waals surface area contributed by atoms with Gasteiger partial charge in [-0.15, -0.1) is 0 Å². The third kappa shape index (κ3) is 2.49. The van der Waals surface area contributed by atoms with Gasteiger partial charge < -0.3 is 14.9 Å². The van der Waals surface area contributed by atoms with E-state index in [9.17, 15) is 9.90 Å². The molecule has 4 heteroatoms. The van der Waals surface area contributed by atoms with Crippen molar-refractivity contribution in [2.75, 3.05) is 6.61 Å². The monoisotopic (exact) mass is 216 g/mol. The molecule has 1 rings (SSSR count). The average molecular weight is 216 g/mol. The fourth-order valence-corrected chi connectivity index (χ4v) is 2.03. The van der Waals surface area contributed by atoms with E-state index in [0.717, 1.165) is 6.42 Å². The molecule has 0 aromatic heterocycles. The number of ether oxygens (including phenoxy) is 1. The van der Waals surface area contributed by atoms with E-state index < -0.39 is 11.6 Å². The first-order valence-electron chi connectivity index (χ1n) is 5.41. The Morgan fingerprint density at radius 1 is 1.67 bits per heavy atom. The summed E-state index contributed by atoms with van der Waals surface area (Å²) in [6, 6.07) is 0. The lowest BCUT2D eigenvalue weighted by Crippen LogP contribution is -2.49. The van der Waals surface area contributed by atoms with Crippen LogP contribution in [0.5, 0.6) is 0 Å². The fourth-order valence-electron chi connectivity index (χ4n) is 2.03. The van der Waals surface area contributed by atoms with E-state index in [1.807, 2.05) is 13.8 Å². The molecule has 88 valence electrons. The molecule has 0 aliphatic carbocycles. The van der Waals surface area contributed by atoms with Crippen molar-refractivity contribution in [2.24, 2.45) is 5.92 Å². The molecular weight excluding hydrogens is 196 g/mol. The van der Waals surface area contributed by atoms with Gasteiger partial charge in [0.2, 0.25) is 0 Å². The first-order valence-corrected chi connectivity index (χ1v) is 5.41. The molecule has 1 saturated heterocycles. The Labute approximate surface area is 90.2 Å². The van der Waals surface area contributed by atoms with E-state index in [1.54, 1.807) is 0 Å². The van der Waals surface area contributed by atoms with Crippen LogP contribution in [-0.4, -0.2) is 34.0 Å². The Morgan fingerprint density at radius 2 is 2.27 bits per heavy atom. The lowest BCUT2D eigenvalue weighted by atomic mass is 9.76. The summed E-state index contributed by atoms with van der Waals surface area (Å²) in [5.74, 6) is -1.37. The summed E-state index contributed by atoms with van der Waals surface area (Å²) >= 11 is 0. The molecule has 0 aromatic rings. The molecule has 0 aromatic carbocycles. The van der Waals surface area contributed by atoms with E-state index in [2.05, 4.69) is 0 Å². The van der Waals surface area contributed by atoms with Crippen LogP contribution in [0.15, 0.2) is 0 Å². The van der Waals surface area contributed by atoms with Crippen LogP contribution in [-0.2, 0) is 9.53 Å². The maximum Gasteiger partial charge on any atom is 0.335 e. The van der Waals surface area contributed by atoms with Crippen LogP contribution in [0.25, 0.3) is 0 Å². The van der Waals surface area contributed by atoms with E-state index >= 15 is 0 Å². The van der Waals surface area contributed by atoms with Crippen LogP contribution < -0.4 is 0 Å². The van der Waals surface area contributed by atoms with Crippen LogP contribution in [0.2, 0.25) is 0 Å². The Balaban J connectivity index is 2.76. The van der Waals surface area contributed by atoms with Crippen molar-refractivity contribution < 1.29 is 19.7 Å². The Morgan fingerprint density at radius 3 is 2.73 bits per heavy atom. The number of carboxylic acid groups (broad SMARTS) is 1. The fraction of sp³-hybridized carbons (Fsp3) is 0.909. The van der Waals surface area contributed by atoms with Crippen molar-refractivity contribution in [2.45, 2.75) is 51.2 Å². The quantitative estimate of drug-likeness (QED) is 0.748. The summed E-state index contributed by atoms with van der Waals surface area (Å²) < 4.78 is 5.62. The first-order chi connectivity index (χ1) is 6.82. The molecular formula is C11H20O4. The van der Waals surface area contributed by atoms with Gasteiger partial charge in [0.25, 0.3) is 0 Å². The van der Waals surface area contributed by atoms with Crippen LogP contribution in [0.3, 0.4) is 0 Å². The van der Waals surface area contributed by atoms with Crippen LogP contribution in [0.4, 0.5) is 0 Å². The second kappa shape index (κ2) is 4.10. The molecule has 1 aliphatic rings. The van der Waals surface area contributed by atoms with Crippen molar-refractivity contribution in [3.8, 4) is 0 Å². The lowest BCUT2D eigenvalue weighted by molar-refractivity contribution is -0.175. The SMILES string of the molecule is CCC1(C)CC(C(C)(O)C(=O)O)CCO1. The van der Waals surface area contributed by atoms with Gasteiger partial charge in [0, 0.05) is 12.5 Å². The molecule has 0 amide bonds. The van der Waals surface area contributed by atoms with Gasteiger partial charge in [-0.25, -0.2) is 4.79 Å². The van der Waals surface area contributed by atoms with Gasteiger partial charge in [-0.05, 0) is 33.1 Å². The van der Waals surface area contributed by atoms with E-state index in [-0.39, 0.29) is 11.5 Å². The molecule has 15 heavy (non-hydrogen) atoms. The number of rotatable bonds is 3. The topological polar surface area (TPSA) is 66.8 Å². The van der Waals surface area contributed by atoms with Gasteiger partial charge in [0.05, 0.1) is 5.60 Å². The smallest absolute Gasteiger partial charge is 0.335 e. The predicted molar refractivity (Wildman–Crippen MR) is 55.6 cm³/mol. The maximum atomic E-state index is 10.9. The number of hydrogen-bond donors (Lipinski definition) is 2. The molecule has 2 N–H and O–H groups in total. The van der Waals surface area contributed by atoms with E-state index in [1.165, 1.54) is 6.92 Å². The summed E-state index contributed by atoms with van der Waals surface area (Å²) in [6.07, 6.45) is 2.04. The van der Waals surface area contributed by atoms with Gasteiger partial charge in [-0.2, -0.15) is 0 Å². The summed E-state index contributed by atoms with van der Waals surface area (Å²) in [6.45, 7) is 5.88. The summed E-state index contributed by atoms with van der Waals surface area (Å²) in [5.41, 5.74) is -1.93. The zero-order valence-corrected chi connectivity index (χ0v) is 9.62. The second-order valence-corrected chi connectivity index (χ2v) is 4.79. The largest absolute Gasteiger partial charge is 0.479 e. The van der Waals surface area contributed by atoms with Crippen molar-refractivity contribution in [1.82, 2.24) is 0 Å². The standard InChI is InChI=1S/C11H20O4/c1-4-10(2)7-8(5-6-15-10)11(3,14)9(12)13/h8,14H,4-7H2,1-3H3,(H,12,13). The normalized spacial score (nSPS) is 35.9. The predicted octanol–water partition coefficient (Wildman–Crippen LogP) is 1.42. The molecule has 0 saturated carbocycles. The van der Waals surface area contributed by atoms with Crippen molar-refractivity contribution in [1.29, 1.82) is 0 Å². The number of hydrogen-bond acceptors (Lipinski definition) is 3. The van der Waals surface area contributed by atoms with Crippen LogP contribution in [0.1, 0.15) is 40.0 Å². The maximum absolute atomic E-state index is 10.9. The highest BCUT2D eigenvalue weighted by Gasteiger charge is 2.45. The van der Waals surface area contributed by atoms with Gasteiger partial charge in [0.15, 0.2) is 5.60 Å². The van der Waals surface area contributed by atoms with Crippen LogP contribution >= 0.6 is 0 Å². The Kier molecular flexibility index (Phi) is 3.41. The van der Waals surface area contributed by atoms with Crippen LogP contribution in [0, 0.1) is 5.92 Å². The van der Waals surface area contributed by atoms with E-state index in [0.29, 0.717) is 19.4 Å². The highest BCUT2D eigenvalue weighted by atomic mass is 16.5. The average Bonchev–Trinajstić information content (AvgIpc) is 2.17. The van der Waals surface area contributed by atoms with Gasteiger partial charge >= 0.3 is 5.97 Å². The lowest BCUT2D eigenvalue weighted by Gasteiger charge is -2.41. The zero-order chi connectivity index (χ0) is 11.7. The highest BCUT2D eigenvalue weighted by molar-refractivity contribution is 5.77. The van der Waals surface area contributed by atoms with Crippen molar-refractivity contribution in [3.63, 3.8) is 0 Å². The van der Waals surface area contributed by atoms with Gasteiger partial charge in [-0.3, -0.25) is 0 Å². The van der Waals surface area contributed by atoms with Gasteiger partial charge in [0.1, 0.15) is 0 Å². The molecule has 3 unspecified atom stereocenters. The highest BCUT2D eigenvalue weighted by Crippen LogP contribution is 2.37. The molecule has 3 atom stereocenters. The number of aliphatic carboxylic acids is 1. The summed E-state index contributed by atoms with van der Waals surface area (Å²) in [5, 5.41) is 18.8. The second-order valence-electron chi connectivity index (χ2n) is 4.79. The third-order valence-electron chi connectivity index (χ3n) is 3.57. The number of aliphatic hydroxyl groups is 1. The molecule has 1 aliphatic heterocycles. The zero-order valence-electron chi connectivity index (χ0n) is 9.62. The molecule has 1 heterocycles. The minimum Gasteiger partial charge on any atom is -0.479 e. The molecule has 4 nitrogen and oxygen atoms in total. The minimum atomic E-state index is -1.64. The van der Waals surface area contributed by atoms with Crippen molar-refractivity contribution >= 4 is 5.97 Å². The Bertz CT molecular complexity index is 249. The first kappa shape index (κ1) is 12.5. The molecule has 0 radical (unpaired) electrons.